The largest absolute Gasteiger partial charge is 0.381 e. The third-order valence-corrected chi connectivity index (χ3v) is 4.43. The Bertz CT molecular complexity index is 160. The van der Waals surface area contributed by atoms with Gasteiger partial charge in [-0.2, -0.15) is 11.8 Å². The van der Waals surface area contributed by atoms with Crippen molar-refractivity contribution in [1.82, 2.24) is 5.32 Å². The first-order chi connectivity index (χ1) is 7.24. The van der Waals surface area contributed by atoms with E-state index < -0.39 is 0 Å². The third kappa shape index (κ3) is 5.23. The van der Waals surface area contributed by atoms with Gasteiger partial charge in [0.1, 0.15) is 0 Å². The highest BCUT2D eigenvalue weighted by atomic mass is 32.2. The Morgan fingerprint density at radius 1 is 1.33 bits per heavy atom. The summed E-state index contributed by atoms with van der Waals surface area (Å²) in [6.07, 6.45) is 5.92. The van der Waals surface area contributed by atoms with Crippen molar-refractivity contribution in [2.75, 3.05) is 26.0 Å². The van der Waals surface area contributed by atoms with E-state index in [4.69, 9.17) is 4.74 Å². The Morgan fingerprint density at radius 2 is 2.00 bits per heavy atom. The lowest BCUT2D eigenvalue weighted by Crippen LogP contribution is -2.37. The Balaban J connectivity index is 2.09. The Morgan fingerprint density at radius 3 is 2.60 bits per heavy atom. The van der Waals surface area contributed by atoms with E-state index in [1.807, 2.05) is 11.8 Å². The van der Waals surface area contributed by atoms with Crippen molar-refractivity contribution in [1.29, 1.82) is 0 Å². The van der Waals surface area contributed by atoms with Gasteiger partial charge in [-0.05, 0) is 44.9 Å². The van der Waals surface area contributed by atoms with Crippen molar-refractivity contribution in [2.24, 2.45) is 5.92 Å². The molecule has 90 valence electrons. The predicted molar refractivity (Wildman–Crippen MR) is 68.6 cm³/mol. The van der Waals surface area contributed by atoms with Gasteiger partial charge >= 0.3 is 0 Å². The summed E-state index contributed by atoms with van der Waals surface area (Å²) in [7, 11) is 0. The van der Waals surface area contributed by atoms with Crippen LogP contribution in [0.4, 0.5) is 0 Å². The molecule has 1 saturated heterocycles. The molecule has 2 nitrogen and oxygen atoms in total. The summed E-state index contributed by atoms with van der Waals surface area (Å²) < 4.78 is 5.38. The molecular weight excluding hydrogens is 206 g/mol. The minimum absolute atomic E-state index is 0.656. The standard InChI is InChI=1S/C12H25NOS/c1-10(15-3)4-7-13-11(2)12-5-8-14-9-6-12/h10-13H,4-9H2,1-3H3. The molecule has 1 fully saturated rings. The molecule has 15 heavy (non-hydrogen) atoms. The van der Waals surface area contributed by atoms with Gasteiger partial charge in [0.15, 0.2) is 0 Å². The highest BCUT2D eigenvalue weighted by Gasteiger charge is 2.19. The molecule has 3 heteroatoms. The second-order valence-electron chi connectivity index (χ2n) is 4.53. The Labute approximate surface area is 98.5 Å². The summed E-state index contributed by atoms with van der Waals surface area (Å²) in [6, 6.07) is 0.656. The van der Waals surface area contributed by atoms with Crippen LogP contribution in [-0.4, -0.2) is 37.3 Å². The fourth-order valence-electron chi connectivity index (χ4n) is 2.01. The quantitative estimate of drug-likeness (QED) is 0.759. The van der Waals surface area contributed by atoms with E-state index in [1.54, 1.807) is 0 Å². The molecular formula is C12H25NOS. The van der Waals surface area contributed by atoms with E-state index in [2.05, 4.69) is 25.4 Å². The van der Waals surface area contributed by atoms with Crippen LogP contribution >= 0.6 is 11.8 Å². The van der Waals surface area contributed by atoms with Gasteiger partial charge in [-0.25, -0.2) is 0 Å². The number of nitrogens with one attached hydrogen (secondary N) is 1. The molecule has 1 heterocycles. The number of hydrogen-bond acceptors (Lipinski definition) is 3. The van der Waals surface area contributed by atoms with Crippen molar-refractivity contribution in [3.05, 3.63) is 0 Å². The van der Waals surface area contributed by atoms with Gasteiger partial charge in [0, 0.05) is 24.5 Å². The first-order valence-corrected chi connectivity index (χ1v) is 7.36. The second-order valence-corrected chi connectivity index (χ2v) is 5.80. The van der Waals surface area contributed by atoms with Gasteiger partial charge < -0.3 is 10.1 Å². The van der Waals surface area contributed by atoms with Crippen LogP contribution in [0.3, 0.4) is 0 Å². The summed E-state index contributed by atoms with van der Waals surface area (Å²) in [6.45, 7) is 7.68. The number of rotatable bonds is 6. The molecule has 1 N–H and O–H groups in total. The summed E-state index contributed by atoms with van der Waals surface area (Å²) in [4.78, 5) is 0. The fourth-order valence-corrected chi connectivity index (χ4v) is 2.37. The third-order valence-electron chi connectivity index (χ3n) is 3.39. The zero-order valence-corrected chi connectivity index (χ0v) is 11.1. The molecule has 0 bridgehead atoms. The van der Waals surface area contributed by atoms with E-state index in [-0.39, 0.29) is 0 Å². The molecule has 0 radical (unpaired) electrons. The number of ether oxygens (including phenoxy) is 1. The average molecular weight is 231 g/mol. The molecule has 0 saturated carbocycles. The minimum atomic E-state index is 0.656. The van der Waals surface area contributed by atoms with Crippen molar-refractivity contribution in [3.63, 3.8) is 0 Å². The molecule has 1 rings (SSSR count). The summed E-state index contributed by atoms with van der Waals surface area (Å²) >= 11 is 1.95. The summed E-state index contributed by atoms with van der Waals surface area (Å²) in [5.74, 6) is 0.823. The highest BCUT2D eigenvalue weighted by Crippen LogP contribution is 2.18. The van der Waals surface area contributed by atoms with Crippen LogP contribution in [0.25, 0.3) is 0 Å². The molecule has 1 aliphatic heterocycles. The average Bonchev–Trinajstić information content (AvgIpc) is 2.29. The molecule has 0 aromatic carbocycles. The zero-order chi connectivity index (χ0) is 11.1. The normalized spacial score (nSPS) is 22.6. The predicted octanol–water partition coefficient (Wildman–Crippen LogP) is 2.53. The molecule has 2 atom stereocenters. The second kappa shape index (κ2) is 7.53. The lowest BCUT2D eigenvalue weighted by atomic mass is 9.93. The topological polar surface area (TPSA) is 21.3 Å². The molecule has 1 aliphatic rings. The molecule has 0 aromatic rings. The maximum atomic E-state index is 5.38. The first-order valence-electron chi connectivity index (χ1n) is 6.08. The van der Waals surface area contributed by atoms with Crippen molar-refractivity contribution >= 4 is 11.8 Å². The van der Waals surface area contributed by atoms with E-state index in [9.17, 15) is 0 Å². The summed E-state index contributed by atoms with van der Waals surface area (Å²) in [5, 5.41) is 4.43. The van der Waals surface area contributed by atoms with Crippen LogP contribution < -0.4 is 5.32 Å². The van der Waals surface area contributed by atoms with Gasteiger partial charge in [-0.1, -0.05) is 6.92 Å². The van der Waals surface area contributed by atoms with Crippen molar-refractivity contribution in [3.8, 4) is 0 Å². The minimum Gasteiger partial charge on any atom is -0.381 e. The lowest BCUT2D eigenvalue weighted by molar-refractivity contribution is 0.0560. The van der Waals surface area contributed by atoms with E-state index >= 15 is 0 Å². The monoisotopic (exact) mass is 231 g/mol. The maximum Gasteiger partial charge on any atom is 0.0469 e. The van der Waals surface area contributed by atoms with Crippen LogP contribution in [0.1, 0.15) is 33.1 Å². The fraction of sp³-hybridized carbons (Fsp3) is 1.00. The van der Waals surface area contributed by atoms with Gasteiger partial charge in [-0.15, -0.1) is 0 Å². The van der Waals surface area contributed by atoms with E-state index in [0.717, 1.165) is 30.9 Å². The van der Waals surface area contributed by atoms with Gasteiger partial charge in [0.05, 0.1) is 0 Å². The maximum absolute atomic E-state index is 5.38. The lowest BCUT2D eigenvalue weighted by Gasteiger charge is -2.28. The molecule has 0 aromatic heterocycles. The van der Waals surface area contributed by atoms with Crippen molar-refractivity contribution in [2.45, 2.75) is 44.4 Å². The summed E-state index contributed by atoms with van der Waals surface area (Å²) in [5.41, 5.74) is 0. The van der Waals surface area contributed by atoms with Crippen LogP contribution in [-0.2, 0) is 4.74 Å². The molecule has 0 spiro atoms. The Hall–Kier alpha value is 0.270. The smallest absolute Gasteiger partial charge is 0.0469 e. The number of hydrogen-bond donors (Lipinski definition) is 1. The van der Waals surface area contributed by atoms with Crippen LogP contribution in [0.2, 0.25) is 0 Å². The van der Waals surface area contributed by atoms with Crippen LogP contribution in [0.5, 0.6) is 0 Å². The molecule has 2 unspecified atom stereocenters. The van der Waals surface area contributed by atoms with Crippen LogP contribution in [0.15, 0.2) is 0 Å². The van der Waals surface area contributed by atoms with Crippen molar-refractivity contribution < 1.29 is 4.74 Å². The Kier molecular flexibility index (Phi) is 6.69. The van der Waals surface area contributed by atoms with Crippen LogP contribution in [0, 0.1) is 5.92 Å². The van der Waals surface area contributed by atoms with E-state index in [1.165, 1.54) is 19.3 Å². The van der Waals surface area contributed by atoms with Gasteiger partial charge in [-0.3, -0.25) is 0 Å². The molecule has 0 amide bonds. The van der Waals surface area contributed by atoms with Gasteiger partial charge in [0.2, 0.25) is 0 Å². The first kappa shape index (κ1) is 13.3. The number of thioether (sulfide) groups is 1. The zero-order valence-electron chi connectivity index (χ0n) is 10.3. The highest BCUT2D eigenvalue weighted by molar-refractivity contribution is 7.99. The molecule has 0 aliphatic carbocycles. The van der Waals surface area contributed by atoms with Gasteiger partial charge in [0.25, 0.3) is 0 Å². The van der Waals surface area contributed by atoms with E-state index in [0.29, 0.717) is 6.04 Å². The SMILES string of the molecule is CSC(C)CCNC(C)C1CCOCC1.